The van der Waals surface area contributed by atoms with E-state index in [1.54, 1.807) is 17.5 Å². The van der Waals surface area contributed by atoms with Crippen molar-refractivity contribution in [3.05, 3.63) is 48.2 Å². The molecule has 0 atom stereocenters. The Balaban J connectivity index is 0.00000124. The molecule has 3 aromatic rings. The SMILES string of the molecule is CC.CC(=O)Cc1cccc(Oc2ccc3nc(NCNCC4COC4)cn3n2)c1. The van der Waals surface area contributed by atoms with Crippen molar-refractivity contribution in [2.75, 3.05) is 31.7 Å². The van der Waals surface area contributed by atoms with Crippen LogP contribution in [0.2, 0.25) is 0 Å². The zero-order valence-electron chi connectivity index (χ0n) is 17.7. The second-order valence-electron chi connectivity index (χ2n) is 6.94. The number of carbonyl (C=O) groups is 1. The number of Topliss-reactive ketones (excluding diaryl/α,β-unsaturated/α-hetero) is 1. The number of ether oxygens (including phenoxy) is 2. The van der Waals surface area contributed by atoms with Gasteiger partial charge in [-0.1, -0.05) is 26.0 Å². The van der Waals surface area contributed by atoms with Gasteiger partial charge in [-0.05, 0) is 30.7 Å². The van der Waals surface area contributed by atoms with Crippen LogP contribution in [0, 0.1) is 5.92 Å². The molecule has 2 N–H and O–H groups in total. The maximum atomic E-state index is 11.3. The Kier molecular flexibility index (Phi) is 7.75. The van der Waals surface area contributed by atoms with Gasteiger partial charge in [-0.25, -0.2) is 9.50 Å². The standard InChI is InChI=1S/C20H23N5O3.C2H6/c1-14(26)7-15-3-2-4-17(8-15)28-20-6-5-19-23-18(10-25(19)24-20)22-13-21-9-16-11-27-12-16;1-2/h2-6,8,10,16,21-22H,7,9,11-13H2,1H3;1-2H3. The van der Waals surface area contributed by atoms with E-state index in [0.29, 0.717) is 30.6 Å². The first-order chi connectivity index (χ1) is 14.7. The molecule has 8 heteroatoms. The van der Waals surface area contributed by atoms with Crippen LogP contribution in [0.4, 0.5) is 5.82 Å². The molecule has 30 heavy (non-hydrogen) atoms. The molecule has 1 aromatic carbocycles. The van der Waals surface area contributed by atoms with E-state index >= 15 is 0 Å². The van der Waals surface area contributed by atoms with Crippen molar-refractivity contribution in [1.82, 2.24) is 19.9 Å². The molecule has 1 saturated heterocycles. The van der Waals surface area contributed by atoms with Crippen molar-refractivity contribution in [3.63, 3.8) is 0 Å². The molecule has 0 spiro atoms. The van der Waals surface area contributed by atoms with E-state index < -0.39 is 0 Å². The summed E-state index contributed by atoms with van der Waals surface area (Å²) in [5, 5.41) is 11.0. The number of nitrogens with zero attached hydrogens (tertiary/aromatic N) is 3. The van der Waals surface area contributed by atoms with Gasteiger partial charge in [0.15, 0.2) is 5.65 Å². The van der Waals surface area contributed by atoms with Gasteiger partial charge in [0.2, 0.25) is 5.88 Å². The van der Waals surface area contributed by atoms with Crippen LogP contribution in [0.15, 0.2) is 42.6 Å². The van der Waals surface area contributed by atoms with Gasteiger partial charge >= 0.3 is 0 Å². The molecule has 0 unspecified atom stereocenters. The lowest BCUT2D eigenvalue weighted by atomic mass is 10.1. The van der Waals surface area contributed by atoms with Crippen molar-refractivity contribution in [2.24, 2.45) is 5.92 Å². The third-order valence-corrected chi connectivity index (χ3v) is 4.40. The minimum Gasteiger partial charge on any atom is -0.438 e. The zero-order valence-corrected chi connectivity index (χ0v) is 17.7. The fraction of sp³-hybridized carbons (Fsp3) is 0.409. The highest BCUT2D eigenvalue weighted by Crippen LogP contribution is 2.21. The van der Waals surface area contributed by atoms with Crippen LogP contribution >= 0.6 is 0 Å². The number of aromatic nitrogens is 3. The molecule has 2 aromatic heterocycles. The Hall–Kier alpha value is -2.97. The molecule has 8 nitrogen and oxygen atoms in total. The maximum Gasteiger partial charge on any atom is 0.237 e. The average Bonchev–Trinajstić information content (AvgIpc) is 3.10. The molecule has 0 amide bonds. The number of hydrogen-bond acceptors (Lipinski definition) is 7. The average molecular weight is 412 g/mol. The van der Waals surface area contributed by atoms with E-state index in [2.05, 4.69) is 20.7 Å². The molecule has 1 aliphatic rings. The summed E-state index contributed by atoms with van der Waals surface area (Å²) in [5.41, 5.74) is 1.65. The summed E-state index contributed by atoms with van der Waals surface area (Å²) in [6, 6.07) is 11.1. The summed E-state index contributed by atoms with van der Waals surface area (Å²) in [4.78, 5) is 15.8. The number of carbonyl (C=O) groups excluding carboxylic acids is 1. The van der Waals surface area contributed by atoms with Crippen molar-refractivity contribution in [2.45, 2.75) is 27.2 Å². The molecular formula is C22H29N5O3. The number of imidazole rings is 1. The molecule has 0 bridgehead atoms. The van der Waals surface area contributed by atoms with Crippen molar-refractivity contribution >= 4 is 17.2 Å². The van der Waals surface area contributed by atoms with Crippen LogP contribution < -0.4 is 15.4 Å². The number of nitrogens with one attached hydrogen (secondary N) is 2. The van der Waals surface area contributed by atoms with Crippen LogP contribution in [0.1, 0.15) is 26.3 Å². The van der Waals surface area contributed by atoms with Crippen molar-refractivity contribution in [1.29, 1.82) is 0 Å². The van der Waals surface area contributed by atoms with Gasteiger partial charge in [-0.3, -0.25) is 10.1 Å². The maximum absolute atomic E-state index is 11.3. The highest BCUT2D eigenvalue weighted by atomic mass is 16.5. The van der Waals surface area contributed by atoms with Crippen molar-refractivity contribution in [3.8, 4) is 11.6 Å². The van der Waals surface area contributed by atoms with Gasteiger partial charge in [-0.15, -0.1) is 5.10 Å². The van der Waals surface area contributed by atoms with E-state index in [4.69, 9.17) is 9.47 Å². The molecule has 0 saturated carbocycles. The Bertz CT molecular complexity index is 968. The van der Waals surface area contributed by atoms with Gasteiger partial charge in [-0.2, -0.15) is 0 Å². The van der Waals surface area contributed by atoms with E-state index in [-0.39, 0.29) is 5.78 Å². The monoisotopic (exact) mass is 411 g/mol. The van der Waals surface area contributed by atoms with Crippen LogP contribution in [-0.2, 0) is 16.0 Å². The number of anilines is 1. The first kappa shape index (κ1) is 21.7. The molecule has 1 fully saturated rings. The largest absolute Gasteiger partial charge is 0.438 e. The Labute approximate surface area is 176 Å². The smallest absolute Gasteiger partial charge is 0.237 e. The van der Waals surface area contributed by atoms with Gasteiger partial charge in [0, 0.05) is 24.9 Å². The van der Waals surface area contributed by atoms with Gasteiger partial charge < -0.3 is 14.8 Å². The second kappa shape index (κ2) is 10.7. The minimum absolute atomic E-state index is 0.116. The van der Waals surface area contributed by atoms with Gasteiger partial charge in [0.05, 0.1) is 26.1 Å². The topological polar surface area (TPSA) is 89.8 Å². The second-order valence-corrected chi connectivity index (χ2v) is 6.94. The third kappa shape index (κ3) is 6.01. The first-order valence-corrected chi connectivity index (χ1v) is 10.3. The Morgan fingerprint density at radius 3 is 2.83 bits per heavy atom. The summed E-state index contributed by atoms with van der Waals surface area (Å²) in [7, 11) is 0. The number of rotatable bonds is 9. The fourth-order valence-corrected chi connectivity index (χ4v) is 2.96. The minimum atomic E-state index is 0.116. The van der Waals surface area contributed by atoms with Crippen LogP contribution in [0.5, 0.6) is 11.6 Å². The number of fused-ring (bicyclic) bond motifs is 1. The highest BCUT2D eigenvalue weighted by molar-refractivity contribution is 5.78. The number of benzene rings is 1. The lowest BCUT2D eigenvalue weighted by Crippen LogP contribution is -2.38. The molecule has 0 aliphatic carbocycles. The summed E-state index contributed by atoms with van der Waals surface area (Å²) in [5.74, 6) is 2.57. The lowest BCUT2D eigenvalue weighted by Gasteiger charge is -2.26. The predicted molar refractivity (Wildman–Crippen MR) is 116 cm³/mol. The molecular weight excluding hydrogens is 382 g/mol. The van der Waals surface area contributed by atoms with Crippen LogP contribution in [0.25, 0.3) is 5.65 Å². The molecule has 4 rings (SSSR count). The summed E-state index contributed by atoms with van der Waals surface area (Å²) in [6.45, 7) is 8.81. The summed E-state index contributed by atoms with van der Waals surface area (Å²) in [6.07, 6.45) is 2.21. The number of ketones is 1. The van der Waals surface area contributed by atoms with Crippen molar-refractivity contribution < 1.29 is 14.3 Å². The normalized spacial score (nSPS) is 13.3. The molecule has 3 heterocycles. The highest BCUT2D eigenvalue weighted by Gasteiger charge is 2.17. The zero-order chi connectivity index (χ0) is 21.3. The van der Waals surface area contributed by atoms with E-state index in [0.717, 1.165) is 36.8 Å². The first-order valence-electron chi connectivity index (χ1n) is 10.3. The van der Waals surface area contributed by atoms with Crippen LogP contribution in [-0.4, -0.2) is 46.8 Å². The quantitative estimate of drug-likeness (QED) is 0.412. The summed E-state index contributed by atoms with van der Waals surface area (Å²) < 4.78 is 12.7. The molecule has 160 valence electrons. The van der Waals surface area contributed by atoms with E-state index in [1.165, 1.54) is 0 Å². The van der Waals surface area contributed by atoms with Crippen LogP contribution in [0.3, 0.4) is 0 Å². The Morgan fingerprint density at radius 2 is 2.10 bits per heavy atom. The van der Waals surface area contributed by atoms with Gasteiger partial charge in [0.1, 0.15) is 17.4 Å². The summed E-state index contributed by atoms with van der Waals surface area (Å²) >= 11 is 0. The number of hydrogen-bond donors (Lipinski definition) is 2. The van der Waals surface area contributed by atoms with E-state index in [9.17, 15) is 4.79 Å². The molecule has 1 aliphatic heterocycles. The van der Waals surface area contributed by atoms with Gasteiger partial charge in [0.25, 0.3) is 0 Å². The molecule has 0 radical (unpaired) electrons. The van der Waals surface area contributed by atoms with E-state index in [1.807, 2.05) is 50.4 Å². The fourth-order valence-electron chi connectivity index (χ4n) is 2.96. The predicted octanol–water partition coefficient (Wildman–Crippen LogP) is 3.28. The lowest BCUT2D eigenvalue weighted by molar-refractivity contribution is -0.116. The Morgan fingerprint density at radius 1 is 1.27 bits per heavy atom. The third-order valence-electron chi connectivity index (χ3n) is 4.40.